The van der Waals surface area contributed by atoms with E-state index in [4.69, 9.17) is 4.42 Å². The van der Waals surface area contributed by atoms with Crippen molar-refractivity contribution in [3.05, 3.63) is 78.9 Å². The molecule has 1 aliphatic carbocycles. The second-order valence-electron chi connectivity index (χ2n) is 6.83. The van der Waals surface area contributed by atoms with Gasteiger partial charge in [0, 0.05) is 22.6 Å². The molecular formula is C21H15N3O4S. The molecular weight excluding hydrogens is 390 g/mol. The highest BCUT2D eigenvalue weighted by Crippen LogP contribution is 2.34. The summed E-state index contributed by atoms with van der Waals surface area (Å²) in [4.78, 5) is 32.3. The zero-order valence-corrected chi connectivity index (χ0v) is 16.0. The minimum absolute atomic E-state index is 0.0328. The number of hydrogen-bond donors (Lipinski definition) is 1. The lowest BCUT2D eigenvalue weighted by Gasteiger charge is -1.97. The van der Waals surface area contributed by atoms with Crippen molar-refractivity contribution in [2.75, 3.05) is 0 Å². The minimum atomic E-state index is -0.438. The molecule has 7 nitrogen and oxygen atoms in total. The van der Waals surface area contributed by atoms with Crippen molar-refractivity contribution < 1.29 is 9.34 Å². The predicted molar refractivity (Wildman–Crippen MR) is 112 cm³/mol. The fourth-order valence-corrected chi connectivity index (χ4v) is 4.87. The van der Waals surface area contributed by atoms with Gasteiger partial charge in [-0.2, -0.15) is 0 Å². The number of rotatable bonds is 4. The van der Waals surface area contributed by atoms with E-state index in [2.05, 4.69) is 9.97 Å². The van der Waals surface area contributed by atoms with Crippen molar-refractivity contribution >= 4 is 39.4 Å². The van der Waals surface area contributed by atoms with Crippen LogP contribution in [0.2, 0.25) is 0 Å². The Morgan fingerprint density at radius 3 is 2.76 bits per heavy atom. The summed E-state index contributed by atoms with van der Waals surface area (Å²) in [5.74, 6) is 1.68. The zero-order chi connectivity index (χ0) is 20.0. The van der Waals surface area contributed by atoms with Crippen molar-refractivity contribution in [1.82, 2.24) is 9.97 Å². The highest BCUT2D eigenvalue weighted by atomic mass is 32.1. The second kappa shape index (κ2) is 6.82. The number of aromatic nitrogens is 2. The minimum Gasteiger partial charge on any atom is -0.457 e. The first-order valence-corrected chi connectivity index (χ1v) is 9.97. The van der Waals surface area contributed by atoms with E-state index in [0.717, 1.165) is 40.6 Å². The summed E-state index contributed by atoms with van der Waals surface area (Å²) in [7, 11) is 0. The number of nitro groups is 1. The average Bonchev–Trinajstić information content (AvgIpc) is 3.42. The molecule has 0 saturated carbocycles. The van der Waals surface area contributed by atoms with Gasteiger partial charge in [-0.15, -0.1) is 11.3 Å². The first kappa shape index (κ1) is 17.6. The molecule has 1 N–H and O–H groups in total. The highest BCUT2D eigenvalue weighted by Gasteiger charge is 2.20. The molecule has 0 saturated heterocycles. The lowest BCUT2D eigenvalue weighted by Crippen LogP contribution is -2.09. The molecule has 0 aliphatic heterocycles. The maximum atomic E-state index is 12.5. The van der Waals surface area contributed by atoms with Gasteiger partial charge in [0.25, 0.3) is 11.2 Å². The summed E-state index contributed by atoms with van der Waals surface area (Å²) in [5, 5.41) is 11.5. The summed E-state index contributed by atoms with van der Waals surface area (Å²) in [6.45, 7) is 0. The Kier molecular flexibility index (Phi) is 4.13. The number of aromatic amines is 1. The van der Waals surface area contributed by atoms with Gasteiger partial charge in [-0.1, -0.05) is 0 Å². The van der Waals surface area contributed by atoms with Crippen LogP contribution in [0.1, 0.15) is 28.4 Å². The van der Waals surface area contributed by atoms with Gasteiger partial charge in [0.15, 0.2) is 0 Å². The molecule has 5 rings (SSSR count). The number of non-ortho nitro benzene ring substituents is 1. The molecule has 3 aromatic heterocycles. The van der Waals surface area contributed by atoms with Crippen molar-refractivity contribution in [2.24, 2.45) is 0 Å². The smallest absolute Gasteiger partial charge is 0.269 e. The Bertz CT molecular complexity index is 1330. The van der Waals surface area contributed by atoms with Gasteiger partial charge in [-0.25, -0.2) is 4.98 Å². The summed E-state index contributed by atoms with van der Waals surface area (Å²) in [6, 6.07) is 9.76. The number of H-pyrrole nitrogens is 1. The Hall–Kier alpha value is -3.52. The van der Waals surface area contributed by atoms with E-state index in [1.165, 1.54) is 17.0 Å². The molecule has 4 aromatic rings. The van der Waals surface area contributed by atoms with E-state index >= 15 is 0 Å². The molecule has 1 aromatic carbocycles. The Morgan fingerprint density at radius 2 is 1.97 bits per heavy atom. The molecule has 1 aliphatic rings. The van der Waals surface area contributed by atoms with Crippen molar-refractivity contribution in [1.29, 1.82) is 0 Å². The number of thiophene rings is 1. The molecule has 0 atom stereocenters. The van der Waals surface area contributed by atoms with Crippen LogP contribution in [0.15, 0.2) is 45.6 Å². The quantitative estimate of drug-likeness (QED) is 0.388. The van der Waals surface area contributed by atoms with Gasteiger partial charge in [-0.05, 0) is 61.2 Å². The lowest BCUT2D eigenvalue weighted by molar-refractivity contribution is -0.384. The normalized spacial score (nSPS) is 13.4. The largest absolute Gasteiger partial charge is 0.457 e. The fourth-order valence-electron chi connectivity index (χ4n) is 3.60. The number of aryl methyl sites for hydroxylation is 2. The number of nitrogens with zero attached hydrogens (tertiary/aromatic N) is 2. The van der Waals surface area contributed by atoms with Crippen molar-refractivity contribution in [2.45, 2.75) is 19.3 Å². The van der Waals surface area contributed by atoms with E-state index in [0.29, 0.717) is 17.3 Å². The molecule has 0 fully saturated rings. The van der Waals surface area contributed by atoms with Crippen LogP contribution in [0.25, 0.3) is 33.7 Å². The molecule has 0 unspecified atom stereocenters. The molecule has 0 amide bonds. The van der Waals surface area contributed by atoms with Crippen molar-refractivity contribution in [3.8, 4) is 11.3 Å². The summed E-state index contributed by atoms with van der Waals surface area (Å²) >= 11 is 1.60. The first-order chi connectivity index (χ1) is 14.1. The van der Waals surface area contributed by atoms with E-state index in [1.807, 2.05) is 0 Å². The van der Waals surface area contributed by atoms with Gasteiger partial charge in [0.05, 0.1) is 10.3 Å². The third kappa shape index (κ3) is 3.17. The predicted octanol–water partition coefficient (Wildman–Crippen LogP) is 4.81. The number of fused-ring (bicyclic) bond motifs is 3. The monoisotopic (exact) mass is 405 g/mol. The van der Waals surface area contributed by atoms with E-state index in [1.54, 1.807) is 47.8 Å². The van der Waals surface area contributed by atoms with Crippen LogP contribution in [0.5, 0.6) is 0 Å². The SMILES string of the molecule is O=c1[nH]c(/C=C/c2ccc(-c3ccc([N+](=O)[O-])cc3)o2)nc2sc3c(c12)CCC3. The third-order valence-corrected chi connectivity index (χ3v) is 6.17. The number of benzene rings is 1. The molecule has 29 heavy (non-hydrogen) atoms. The number of nitro benzene ring substituents is 1. The molecule has 0 bridgehead atoms. The average molecular weight is 405 g/mol. The van der Waals surface area contributed by atoms with Gasteiger partial charge in [-0.3, -0.25) is 14.9 Å². The molecule has 144 valence electrons. The zero-order valence-electron chi connectivity index (χ0n) is 15.2. The van der Waals surface area contributed by atoms with Gasteiger partial charge in [0.1, 0.15) is 22.2 Å². The van der Waals surface area contributed by atoms with Crippen LogP contribution >= 0.6 is 11.3 Å². The lowest BCUT2D eigenvalue weighted by atomic mass is 10.1. The topological polar surface area (TPSA) is 102 Å². The van der Waals surface area contributed by atoms with Crippen LogP contribution in [0.3, 0.4) is 0 Å². The standard InChI is InChI=1S/C21H15N3O4S/c25-20-19-15-2-1-3-17(15)29-21(19)23-18(22-20)11-9-14-8-10-16(28-14)12-4-6-13(7-5-12)24(26)27/h4-11H,1-3H2,(H,22,23,25)/b11-9+. The molecule has 8 heteroatoms. The molecule has 0 radical (unpaired) electrons. The number of furan rings is 1. The van der Waals surface area contributed by atoms with Gasteiger partial charge in [0.2, 0.25) is 0 Å². The Labute approximate surface area is 168 Å². The van der Waals surface area contributed by atoms with Gasteiger partial charge >= 0.3 is 0 Å². The second-order valence-corrected chi connectivity index (χ2v) is 7.91. The molecule has 0 spiro atoms. The summed E-state index contributed by atoms with van der Waals surface area (Å²) in [5.41, 5.74) is 1.84. The Morgan fingerprint density at radius 1 is 1.14 bits per heavy atom. The fraction of sp³-hybridized carbons (Fsp3) is 0.143. The van der Waals surface area contributed by atoms with E-state index in [-0.39, 0.29) is 11.2 Å². The van der Waals surface area contributed by atoms with Crippen LogP contribution in [0.4, 0.5) is 5.69 Å². The van der Waals surface area contributed by atoms with Crippen LogP contribution in [-0.2, 0) is 12.8 Å². The molecule has 3 heterocycles. The number of hydrogen-bond acceptors (Lipinski definition) is 6. The maximum absolute atomic E-state index is 12.5. The van der Waals surface area contributed by atoms with Crippen molar-refractivity contribution in [3.63, 3.8) is 0 Å². The van der Waals surface area contributed by atoms with E-state index < -0.39 is 4.92 Å². The van der Waals surface area contributed by atoms with E-state index in [9.17, 15) is 14.9 Å². The Balaban J connectivity index is 1.41. The maximum Gasteiger partial charge on any atom is 0.269 e. The van der Waals surface area contributed by atoms with Crippen LogP contribution in [0, 0.1) is 10.1 Å². The summed E-state index contributed by atoms with van der Waals surface area (Å²) < 4.78 is 5.79. The summed E-state index contributed by atoms with van der Waals surface area (Å²) in [6.07, 6.45) is 6.53. The van der Waals surface area contributed by atoms with Gasteiger partial charge < -0.3 is 9.40 Å². The van der Waals surface area contributed by atoms with Crippen LogP contribution < -0.4 is 5.56 Å². The number of nitrogens with one attached hydrogen (secondary N) is 1. The van der Waals surface area contributed by atoms with Crippen LogP contribution in [-0.4, -0.2) is 14.9 Å². The third-order valence-electron chi connectivity index (χ3n) is 4.99. The first-order valence-electron chi connectivity index (χ1n) is 9.16. The highest BCUT2D eigenvalue weighted by molar-refractivity contribution is 7.18.